The van der Waals surface area contributed by atoms with Crippen molar-refractivity contribution in [3.05, 3.63) is 29.8 Å². The van der Waals surface area contributed by atoms with E-state index in [0.717, 1.165) is 0 Å². The summed E-state index contributed by atoms with van der Waals surface area (Å²) in [6.45, 7) is 0. The van der Waals surface area contributed by atoms with Crippen molar-refractivity contribution in [2.24, 2.45) is 5.73 Å². The first-order chi connectivity index (χ1) is 5.93. The standard InChI is InChI=1S/C7H10NO4P/c8-7(13(10,11)12)5-3-1-2-4-6(5)9/h1-4,7,9H,8H2,(H2,10,11,12)/p-2. The van der Waals surface area contributed by atoms with Crippen LogP contribution in [-0.4, -0.2) is 5.11 Å². The summed E-state index contributed by atoms with van der Waals surface area (Å²) in [5.74, 6) is -1.98. The fraction of sp³-hybridized carbons (Fsp3) is 0.143. The average molecular weight is 201 g/mol. The molecule has 0 aliphatic carbocycles. The Morgan fingerprint density at radius 2 is 1.92 bits per heavy atom. The van der Waals surface area contributed by atoms with Gasteiger partial charge in [-0.2, -0.15) is 0 Å². The Kier molecular flexibility index (Phi) is 2.73. The van der Waals surface area contributed by atoms with Crippen LogP contribution < -0.4 is 15.5 Å². The molecule has 5 nitrogen and oxygen atoms in total. The third kappa shape index (κ3) is 2.29. The minimum Gasteiger partial charge on any atom is -0.809 e. The maximum atomic E-state index is 10.5. The molecule has 1 atom stereocenters. The minimum atomic E-state index is -4.89. The lowest BCUT2D eigenvalue weighted by Gasteiger charge is -2.36. The Labute approximate surface area is 75.0 Å². The van der Waals surface area contributed by atoms with Crippen LogP contribution in [0.5, 0.6) is 5.75 Å². The van der Waals surface area contributed by atoms with Crippen LogP contribution in [0, 0.1) is 0 Å². The molecule has 0 saturated carbocycles. The van der Waals surface area contributed by atoms with Crippen molar-refractivity contribution in [2.45, 2.75) is 5.78 Å². The summed E-state index contributed by atoms with van der Waals surface area (Å²) in [6.07, 6.45) is 0. The zero-order chi connectivity index (χ0) is 10.1. The first kappa shape index (κ1) is 10.2. The van der Waals surface area contributed by atoms with Crippen LogP contribution in [0.4, 0.5) is 0 Å². The van der Waals surface area contributed by atoms with Crippen LogP contribution in [0.25, 0.3) is 0 Å². The van der Waals surface area contributed by atoms with Crippen molar-refractivity contribution in [1.29, 1.82) is 0 Å². The van der Waals surface area contributed by atoms with Gasteiger partial charge < -0.3 is 25.2 Å². The zero-order valence-electron chi connectivity index (χ0n) is 6.58. The second-order valence-corrected chi connectivity index (χ2v) is 4.18. The molecule has 0 radical (unpaired) electrons. The molecule has 0 heterocycles. The van der Waals surface area contributed by atoms with Crippen LogP contribution in [-0.2, 0) is 4.57 Å². The molecular weight excluding hydrogens is 193 g/mol. The molecule has 1 rings (SSSR count). The van der Waals surface area contributed by atoms with E-state index >= 15 is 0 Å². The van der Waals surface area contributed by atoms with E-state index in [1.54, 1.807) is 0 Å². The van der Waals surface area contributed by atoms with E-state index in [-0.39, 0.29) is 11.3 Å². The summed E-state index contributed by atoms with van der Waals surface area (Å²) in [6, 6.07) is 5.56. The quantitative estimate of drug-likeness (QED) is 0.612. The molecule has 0 spiro atoms. The third-order valence-corrected chi connectivity index (χ3v) is 2.56. The molecule has 0 aromatic heterocycles. The Hall–Kier alpha value is -0.870. The Morgan fingerprint density at radius 3 is 2.38 bits per heavy atom. The maximum absolute atomic E-state index is 10.5. The van der Waals surface area contributed by atoms with E-state index in [1.807, 2.05) is 0 Å². The van der Waals surface area contributed by atoms with Gasteiger partial charge in [0.1, 0.15) is 5.75 Å². The minimum absolute atomic E-state index is 0.0733. The molecule has 1 unspecified atom stereocenters. The van der Waals surface area contributed by atoms with Gasteiger partial charge in [-0.25, -0.2) is 0 Å². The van der Waals surface area contributed by atoms with E-state index in [2.05, 4.69) is 0 Å². The van der Waals surface area contributed by atoms with Gasteiger partial charge in [0.05, 0.1) is 5.78 Å². The molecule has 0 fully saturated rings. The van der Waals surface area contributed by atoms with Crippen molar-refractivity contribution in [2.75, 3.05) is 0 Å². The van der Waals surface area contributed by atoms with Crippen LogP contribution in [0.1, 0.15) is 11.3 Å². The molecule has 72 valence electrons. The number of hydrogen-bond acceptors (Lipinski definition) is 5. The van der Waals surface area contributed by atoms with Gasteiger partial charge >= 0.3 is 0 Å². The fourth-order valence-corrected chi connectivity index (χ4v) is 1.47. The highest BCUT2D eigenvalue weighted by molar-refractivity contribution is 7.49. The van der Waals surface area contributed by atoms with E-state index < -0.39 is 13.4 Å². The molecule has 0 amide bonds. The lowest BCUT2D eigenvalue weighted by Crippen LogP contribution is -2.26. The first-order valence-corrected chi connectivity index (χ1v) is 5.09. The van der Waals surface area contributed by atoms with Gasteiger partial charge in [-0.3, -0.25) is 0 Å². The van der Waals surface area contributed by atoms with E-state index in [1.165, 1.54) is 24.3 Å². The molecule has 0 bridgehead atoms. The average Bonchev–Trinajstić information content (AvgIpc) is 2.02. The smallest absolute Gasteiger partial charge is 0.120 e. The number of aromatic hydroxyl groups is 1. The third-order valence-electron chi connectivity index (χ3n) is 1.60. The number of rotatable bonds is 2. The van der Waals surface area contributed by atoms with E-state index in [9.17, 15) is 14.4 Å². The molecule has 3 N–H and O–H groups in total. The molecule has 1 aromatic carbocycles. The summed E-state index contributed by atoms with van der Waals surface area (Å²) in [7, 11) is -4.89. The lowest BCUT2D eigenvalue weighted by atomic mass is 10.2. The van der Waals surface area contributed by atoms with Crippen LogP contribution in [0.2, 0.25) is 0 Å². The van der Waals surface area contributed by atoms with Crippen molar-refractivity contribution in [3.8, 4) is 5.75 Å². The summed E-state index contributed by atoms with van der Waals surface area (Å²) in [5, 5.41) is 9.17. The number of benzene rings is 1. The maximum Gasteiger partial charge on any atom is 0.120 e. The van der Waals surface area contributed by atoms with Crippen molar-refractivity contribution < 1.29 is 19.5 Å². The van der Waals surface area contributed by atoms with Gasteiger partial charge in [-0.15, -0.1) is 0 Å². The highest BCUT2D eigenvalue weighted by Gasteiger charge is 2.12. The van der Waals surface area contributed by atoms with Gasteiger partial charge in [-0.05, 0) is 13.7 Å². The largest absolute Gasteiger partial charge is 0.809 e. The van der Waals surface area contributed by atoms with Gasteiger partial charge in [-0.1, -0.05) is 18.2 Å². The predicted molar refractivity (Wildman–Crippen MR) is 42.6 cm³/mol. The highest BCUT2D eigenvalue weighted by atomic mass is 31.2. The Bertz CT molecular complexity index is 348. The van der Waals surface area contributed by atoms with Crippen molar-refractivity contribution in [1.82, 2.24) is 0 Å². The van der Waals surface area contributed by atoms with Gasteiger partial charge in [0, 0.05) is 5.56 Å². The highest BCUT2D eigenvalue weighted by Crippen LogP contribution is 2.42. The molecule has 1 aromatic rings. The fourth-order valence-electron chi connectivity index (χ4n) is 0.908. The molecule has 0 aliphatic rings. The summed E-state index contributed by atoms with van der Waals surface area (Å²) >= 11 is 0. The van der Waals surface area contributed by atoms with E-state index in [4.69, 9.17) is 10.8 Å². The monoisotopic (exact) mass is 201 g/mol. The summed E-state index contributed by atoms with van der Waals surface area (Å²) in [5.41, 5.74) is 5.05. The Morgan fingerprint density at radius 1 is 1.38 bits per heavy atom. The van der Waals surface area contributed by atoms with Gasteiger partial charge in [0.25, 0.3) is 0 Å². The predicted octanol–water partition coefficient (Wildman–Crippen LogP) is -0.737. The molecule has 0 saturated heterocycles. The zero-order valence-corrected chi connectivity index (χ0v) is 7.48. The van der Waals surface area contributed by atoms with Crippen LogP contribution in [0.3, 0.4) is 0 Å². The second-order valence-electron chi connectivity index (χ2n) is 2.54. The van der Waals surface area contributed by atoms with Crippen molar-refractivity contribution >= 4 is 7.60 Å². The lowest BCUT2D eigenvalue weighted by molar-refractivity contribution is -0.317. The van der Waals surface area contributed by atoms with Crippen molar-refractivity contribution in [3.63, 3.8) is 0 Å². The number of para-hydroxylation sites is 1. The molecule has 13 heavy (non-hydrogen) atoms. The Balaban J connectivity index is 3.09. The number of phenolic OH excluding ortho intramolecular Hbond substituents is 1. The van der Waals surface area contributed by atoms with Gasteiger partial charge in [0.15, 0.2) is 0 Å². The molecule has 0 aliphatic heterocycles. The molecular formula is C7H8NO4P-2. The summed E-state index contributed by atoms with van der Waals surface area (Å²) in [4.78, 5) is 21.0. The number of hydrogen-bond donors (Lipinski definition) is 2. The summed E-state index contributed by atoms with van der Waals surface area (Å²) < 4.78 is 10.5. The van der Waals surface area contributed by atoms with Gasteiger partial charge in [0.2, 0.25) is 0 Å². The molecule has 6 heteroatoms. The topological polar surface area (TPSA) is 109 Å². The number of nitrogens with two attached hydrogens (primary N) is 1. The number of phenols is 1. The first-order valence-electron chi connectivity index (χ1n) is 3.48. The van der Waals surface area contributed by atoms with Crippen LogP contribution >= 0.6 is 7.60 Å². The normalized spacial score (nSPS) is 14.1. The van der Waals surface area contributed by atoms with E-state index in [0.29, 0.717) is 0 Å². The second kappa shape index (κ2) is 3.47. The SMILES string of the molecule is NC(c1ccccc1O)P(=O)([O-])[O-]. The van der Waals surface area contributed by atoms with Crippen LogP contribution in [0.15, 0.2) is 24.3 Å².